The third-order valence-corrected chi connectivity index (χ3v) is 14.7. The van der Waals surface area contributed by atoms with Crippen LogP contribution in [0, 0.1) is 0 Å². The van der Waals surface area contributed by atoms with Crippen molar-refractivity contribution in [2.75, 3.05) is 4.90 Å². The van der Waals surface area contributed by atoms with Crippen molar-refractivity contribution in [3.8, 4) is 44.5 Å². The van der Waals surface area contributed by atoms with Crippen molar-refractivity contribution >= 4 is 22.1 Å². The monoisotopic (exact) mass is 717 g/mol. The minimum absolute atomic E-state index is 0.0322. The van der Waals surface area contributed by atoms with Gasteiger partial charge in [-0.1, -0.05) is 165 Å². The quantitative estimate of drug-likeness (QED) is 0.176. The van der Waals surface area contributed by atoms with Crippen LogP contribution in [0.5, 0.6) is 0 Å². The largest absolute Gasteiger partial charge is 0.334 e. The highest BCUT2D eigenvalue weighted by Crippen LogP contribution is 2.64. The molecule has 268 valence electrons. The summed E-state index contributed by atoms with van der Waals surface area (Å²) in [6.45, 7) is 5.06. The van der Waals surface area contributed by atoms with Crippen LogP contribution in [-0.4, -0.2) is 5.54 Å². The van der Waals surface area contributed by atoms with Crippen molar-refractivity contribution in [1.29, 1.82) is 0 Å². The fourth-order valence-corrected chi connectivity index (χ4v) is 12.0. The maximum atomic E-state index is 2.67. The molecule has 2 unspecified atom stereocenters. The van der Waals surface area contributed by atoms with Crippen molar-refractivity contribution in [2.24, 2.45) is 0 Å². The third-order valence-electron chi connectivity index (χ3n) is 14.7. The van der Waals surface area contributed by atoms with Gasteiger partial charge >= 0.3 is 0 Å². The number of rotatable bonds is 3. The number of hydrogen-bond donors (Lipinski definition) is 0. The Labute approximate surface area is 329 Å². The molecule has 8 aromatic carbocycles. The smallest absolute Gasteiger partial charge is 0.0725 e. The molecule has 0 bridgehead atoms. The molecule has 12 rings (SSSR count). The summed E-state index contributed by atoms with van der Waals surface area (Å²) in [5.74, 6) is 0. The van der Waals surface area contributed by atoms with Crippen LogP contribution in [0.3, 0.4) is 0 Å². The summed E-state index contributed by atoms with van der Waals surface area (Å²) >= 11 is 0. The van der Waals surface area contributed by atoms with E-state index >= 15 is 0 Å². The van der Waals surface area contributed by atoms with Gasteiger partial charge in [0.05, 0.1) is 11.0 Å². The summed E-state index contributed by atoms with van der Waals surface area (Å²) in [4.78, 5) is 2.67. The average Bonchev–Trinajstić information content (AvgIpc) is 3.80. The zero-order chi connectivity index (χ0) is 37.2. The highest BCUT2D eigenvalue weighted by molar-refractivity contribution is 6.05. The Bertz CT molecular complexity index is 2850. The second-order valence-corrected chi connectivity index (χ2v) is 17.1. The number of nitrogens with zero attached hydrogens (tertiary/aromatic N) is 1. The van der Waals surface area contributed by atoms with E-state index < -0.39 is 0 Å². The van der Waals surface area contributed by atoms with E-state index in [-0.39, 0.29) is 16.4 Å². The Morgan fingerprint density at radius 2 is 0.875 bits per heavy atom. The summed E-state index contributed by atoms with van der Waals surface area (Å²) < 4.78 is 0. The Morgan fingerprint density at radius 3 is 1.48 bits per heavy atom. The predicted molar refractivity (Wildman–Crippen MR) is 234 cm³/mol. The molecule has 56 heavy (non-hydrogen) atoms. The lowest BCUT2D eigenvalue weighted by atomic mass is 9.61. The van der Waals surface area contributed by atoms with E-state index in [1.165, 1.54) is 120 Å². The van der Waals surface area contributed by atoms with Gasteiger partial charge in [-0.05, 0) is 133 Å². The molecule has 0 amide bonds. The van der Waals surface area contributed by atoms with Crippen molar-refractivity contribution in [3.63, 3.8) is 0 Å². The fourth-order valence-electron chi connectivity index (χ4n) is 12.0. The van der Waals surface area contributed by atoms with E-state index in [0.717, 1.165) is 0 Å². The Kier molecular flexibility index (Phi) is 6.55. The van der Waals surface area contributed by atoms with E-state index in [9.17, 15) is 0 Å². The molecular weight excluding hydrogens is 675 g/mol. The van der Waals surface area contributed by atoms with Gasteiger partial charge in [0.1, 0.15) is 0 Å². The third kappa shape index (κ3) is 3.95. The first kappa shape index (κ1) is 32.1. The van der Waals surface area contributed by atoms with Crippen LogP contribution in [0.1, 0.15) is 67.3 Å². The first-order chi connectivity index (χ1) is 27.5. The minimum atomic E-state index is -0.355. The summed E-state index contributed by atoms with van der Waals surface area (Å²) in [5, 5.41) is 2.59. The number of hydrogen-bond acceptors (Lipinski definition) is 1. The number of fused-ring (bicyclic) bond motifs is 14. The zero-order valence-corrected chi connectivity index (χ0v) is 32.0. The van der Waals surface area contributed by atoms with Gasteiger partial charge in [-0.25, -0.2) is 0 Å². The van der Waals surface area contributed by atoms with Gasteiger partial charge in [-0.2, -0.15) is 0 Å². The Balaban J connectivity index is 1.03. The van der Waals surface area contributed by atoms with Crippen LogP contribution in [0.4, 0.5) is 11.4 Å². The van der Waals surface area contributed by atoms with Crippen LogP contribution in [-0.2, 0) is 10.8 Å². The maximum absolute atomic E-state index is 2.67. The fraction of sp³-hybridized carbons (Fsp3) is 0.164. The van der Waals surface area contributed by atoms with Crippen LogP contribution >= 0.6 is 0 Å². The second kappa shape index (κ2) is 11.4. The molecule has 3 aliphatic carbocycles. The van der Waals surface area contributed by atoms with Crippen molar-refractivity contribution in [1.82, 2.24) is 0 Å². The standard InChI is InChI=1S/C55H43N/c1-53-32-12-13-33-54(53,2)56(38-16-4-3-5-17-38)52-31-29-37(35-51(52)53)40-22-15-23-41-39(21-14-24-42(40)41)36-28-30-46-45-20-8-11-27-49(45)55(50(46)34-36)47-25-9-6-18-43(47)44-19-7-10-26-48(44)55/h3-11,14-31,34-35H,12-13,32-33H2,1-2H3. The average molecular weight is 718 g/mol. The van der Waals surface area contributed by atoms with Gasteiger partial charge in [0, 0.05) is 16.8 Å². The molecule has 0 saturated heterocycles. The van der Waals surface area contributed by atoms with E-state index in [0.29, 0.717) is 0 Å². The van der Waals surface area contributed by atoms with Gasteiger partial charge < -0.3 is 4.90 Å². The maximum Gasteiger partial charge on any atom is 0.0725 e. The molecule has 1 saturated carbocycles. The van der Waals surface area contributed by atoms with E-state index in [1.807, 2.05) is 0 Å². The molecule has 1 nitrogen and oxygen atoms in total. The molecule has 1 heteroatoms. The molecule has 1 aliphatic heterocycles. The molecule has 2 atom stereocenters. The van der Waals surface area contributed by atoms with E-state index in [2.05, 4.69) is 195 Å². The van der Waals surface area contributed by atoms with E-state index in [4.69, 9.17) is 0 Å². The Hall–Kier alpha value is -6.18. The molecule has 0 N–H and O–H groups in total. The van der Waals surface area contributed by atoms with Crippen LogP contribution in [0.2, 0.25) is 0 Å². The molecule has 1 fully saturated rings. The first-order valence-corrected chi connectivity index (χ1v) is 20.5. The number of benzene rings is 8. The van der Waals surface area contributed by atoms with Gasteiger partial charge in [-0.3, -0.25) is 0 Å². The lowest BCUT2D eigenvalue weighted by Crippen LogP contribution is -2.54. The topological polar surface area (TPSA) is 3.24 Å². The van der Waals surface area contributed by atoms with Crippen molar-refractivity contribution < 1.29 is 0 Å². The molecule has 8 aromatic rings. The molecule has 0 radical (unpaired) electrons. The lowest BCUT2D eigenvalue weighted by Gasteiger charge is -2.50. The van der Waals surface area contributed by atoms with Crippen LogP contribution in [0.25, 0.3) is 55.3 Å². The minimum Gasteiger partial charge on any atom is -0.334 e. The normalized spacial score (nSPS) is 20.6. The van der Waals surface area contributed by atoms with Crippen LogP contribution < -0.4 is 4.90 Å². The van der Waals surface area contributed by atoms with Crippen LogP contribution in [0.15, 0.2) is 176 Å². The summed E-state index contributed by atoms with van der Waals surface area (Å²) in [6.07, 6.45) is 4.96. The Morgan fingerprint density at radius 1 is 0.393 bits per heavy atom. The van der Waals surface area contributed by atoms with Crippen molar-refractivity contribution in [2.45, 2.75) is 55.9 Å². The number of para-hydroxylation sites is 1. The molecular formula is C55H43N. The lowest BCUT2D eigenvalue weighted by molar-refractivity contribution is 0.195. The van der Waals surface area contributed by atoms with E-state index in [1.54, 1.807) is 0 Å². The summed E-state index contributed by atoms with van der Waals surface area (Å²) in [5.41, 5.74) is 19.9. The first-order valence-electron chi connectivity index (χ1n) is 20.5. The predicted octanol–water partition coefficient (Wildman–Crippen LogP) is 14.3. The molecule has 1 heterocycles. The zero-order valence-electron chi connectivity index (χ0n) is 32.0. The van der Waals surface area contributed by atoms with Crippen molar-refractivity contribution in [3.05, 3.63) is 204 Å². The molecule has 0 aromatic heterocycles. The highest BCUT2D eigenvalue weighted by atomic mass is 15.3. The van der Waals surface area contributed by atoms with Gasteiger partial charge in [0.2, 0.25) is 0 Å². The molecule has 4 aliphatic rings. The van der Waals surface area contributed by atoms with Gasteiger partial charge in [0.15, 0.2) is 0 Å². The van der Waals surface area contributed by atoms with Gasteiger partial charge in [-0.15, -0.1) is 0 Å². The molecule has 1 spiro atoms. The van der Waals surface area contributed by atoms with Gasteiger partial charge in [0.25, 0.3) is 0 Å². The highest BCUT2D eigenvalue weighted by Gasteiger charge is 2.57. The summed E-state index contributed by atoms with van der Waals surface area (Å²) in [6, 6.07) is 66.8. The SMILES string of the molecule is CC12CCCCC1(C)N(c1ccccc1)c1ccc(-c3cccc4c(-c5ccc6c(c5)C5(c7ccccc7-c7ccccc75)c5ccccc5-6)cccc34)cc12. The number of anilines is 2. The second-order valence-electron chi connectivity index (χ2n) is 17.1. The summed E-state index contributed by atoms with van der Waals surface area (Å²) in [7, 11) is 0.